The van der Waals surface area contributed by atoms with E-state index in [1.165, 1.54) is 24.3 Å². The molecule has 1 aromatic heterocycles. The zero-order chi connectivity index (χ0) is 17.0. The Bertz CT molecular complexity index is 665. The first-order valence-electron chi connectivity index (χ1n) is 6.86. The zero-order valence-electron chi connectivity index (χ0n) is 12.6. The average molecular weight is 327 g/mol. The van der Waals surface area contributed by atoms with Crippen LogP contribution in [0.15, 0.2) is 36.5 Å². The summed E-state index contributed by atoms with van der Waals surface area (Å²) >= 11 is 0. The van der Waals surface area contributed by atoms with Crippen LogP contribution in [0.5, 0.6) is 5.75 Å². The molecular weight excluding hydrogens is 311 g/mol. The number of halogens is 3. The predicted molar refractivity (Wildman–Crippen MR) is 76.6 cm³/mol. The number of hydrogen-bond donors (Lipinski definition) is 1. The van der Waals surface area contributed by atoms with Crippen LogP contribution in [0.1, 0.15) is 24.1 Å². The van der Waals surface area contributed by atoms with Crippen LogP contribution in [-0.2, 0) is 18.4 Å². The highest BCUT2D eigenvalue weighted by molar-refractivity contribution is 5.82. The van der Waals surface area contributed by atoms with Crippen LogP contribution in [0.4, 0.5) is 13.2 Å². The van der Waals surface area contributed by atoms with Gasteiger partial charge < -0.3 is 10.1 Å². The van der Waals surface area contributed by atoms with Crippen LogP contribution >= 0.6 is 0 Å². The standard InChI is InChI=1S/C15H16F3N3O2/c1-10(13-7-8-20-21(13)2)14(22)19-9-11-3-5-12(6-4-11)23-15(16,17)18/h3-8,10H,9H2,1-2H3,(H,19,22). The Hall–Kier alpha value is -2.51. The Morgan fingerprint density at radius 2 is 1.96 bits per heavy atom. The third-order valence-corrected chi connectivity index (χ3v) is 3.32. The molecular formula is C15H16F3N3O2. The van der Waals surface area contributed by atoms with E-state index in [1.807, 2.05) is 0 Å². The summed E-state index contributed by atoms with van der Waals surface area (Å²) in [7, 11) is 1.75. The summed E-state index contributed by atoms with van der Waals surface area (Å²) in [5, 5.41) is 6.75. The van der Waals surface area contributed by atoms with Gasteiger partial charge in [-0.2, -0.15) is 5.10 Å². The van der Waals surface area contributed by atoms with Crippen molar-refractivity contribution in [1.29, 1.82) is 0 Å². The Morgan fingerprint density at radius 3 is 2.48 bits per heavy atom. The lowest BCUT2D eigenvalue weighted by Crippen LogP contribution is -2.28. The van der Waals surface area contributed by atoms with Crippen molar-refractivity contribution in [3.63, 3.8) is 0 Å². The lowest BCUT2D eigenvalue weighted by Gasteiger charge is -2.13. The van der Waals surface area contributed by atoms with Crippen LogP contribution in [0.25, 0.3) is 0 Å². The van der Waals surface area contributed by atoms with E-state index in [9.17, 15) is 18.0 Å². The molecule has 1 aromatic carbocycles. The zero-order valence-corrected chi connectivity index (χ0v) is 12.6. The molecule has 0 bridgehead atoms. The van der Waals surface area contributed by atoms with Gasteiger partial charge in [-0.05, 0) is 30.7 Å². The highest BCUT2D eigenvalue weighted by Gasteiger charge is 2.30. The van der Waals surface area contributed by atoms with Gasteiger partial charge in [0.2, 0.25) is 5.91 Å². The number of aryl methyl sites for hydroxylation is 1. The molecule has 124 valence electrons. The number of nitrogens with zero attached hydrogens (tertiary/aromatic N) is 2. The lowest BCUT2D eigenvalue weighted by molar-refractivity contribution is -0.274. The summed E-state index contributed by atoms with van der Waals surface area (Å²) in [5.74, 6) is -0.865. The third kappa shape index (κ3) is 4.73. The molecule has 1 N–H and O–H groups in total. The molecule has 8 heteroatoms. The highest BCUT2D eigenvalue weighted by Crippen LogP contribution is 2.22. The Labute approximate surface area is 131 Å². The molecule has 0 spiro atoms. The predicted octanol–water partition coefficient (Wildman–Crippen LogP) is 2.74. The second-order valence-electron chi connectivity index (χ2n) is 5.01. The molecule has 0 fully saturated rings. The summed E-state index contributed by atoms with van der Waals surface area (Å²) in [4.78, 5) is 12.1. The summed E-state index contributed by atoms with van der Waals surface area (Å²) in [6, 6.07) is 7.11. The van der Waals surface area contributed by atoms with Crippen molar-refractivity contribution in [1.82, 2.24) is 15.1 Å². The summed E-state index contributed by atoms with van der Waals surface area (Å²) in [6.07, 6.45) is -3.10. The van der Waals surface area contributed by atoms with Gasteiger partial charge in [0.05, 0.1) is 11.6 Å². The second-order valence-corrected chi connectivity index (χ2v) is 5.01. The number of ether oxygens (including phenoxy) is 1. The van der Waals surface area contributed by atoms with Gasteiger partial charge in [-0.3, -0.25) is 9.48 Å². The number of nitrogens with one attached hydrogen (secondary N) is 1. The normalized spacial score (nSPS) is 12.7. The molecule has 0 radical (unpaired) electrons. The molecule has 2 aromatic rings. The smallest absolute Gasteiger partial charge is 0.406 e. The maximum Gasteiger partial charge on any atom is 0.573 e. The Balaban J connectivity index is 1.90. The van der Waals surface area contributed by atoms with Crippen molar-refractivity contribution in [2.24, 2.45) is 7.05 Å². The second kappa shape index (κ2) is 6.72. The number of carbonyl (C=O) groups is 1. The van der Waals surface area contributed by atoms with Gasteiger partial charge in [0.25, 0.3) is 0 Å². The van der Waals surface area contributed by atoms with Crippen LogP contribution in [-0.4, -0.2) is 22.1 Å². The first-order valence-corrected chi connectivity index (χ1v) is 6.86. The van der Waals surface area contributed by atoms with Crippen LogP contribution < -0.4 is 10.1 Å². The monoisotopic (exact) mass is 327 g/mol. The molecule has 0 saturated carbocycles. The minimum Gasteiger partial charge on any atom is -0.406 e. The molecule has 5 nitrogen and oxygen atoms in total. The number of rotatable bonds is 5. The quantitative estimate of drug-likeness (QED) is 0.919. The summed E-state index contributed by atoms with van der Waals surface area (Å²) in [6.45, 7) is 1.97. The number of aromatic nitrogens is 2. The topological polar surface area (TPSA) is 56.1 Å². The number of amides is 1. The van der Waals surface area contributed by atoms with E-state index in [2.05, 4.69) is 15.2 Å². The van der Waals surface area contributed by atoms with Crippen LogP contribution in [0.3, 0.4) is 0 Å². The van der Waals surface area contributed by atoms with E-state index in [4.69, 9.17) is 0 Å². The van der Waals surface area contributed by atoms with Gasteiger partial charge in [0.1, 0.15) is 5.75 Å². The SMILES string of the molecule is CC(C(=O)NCc1ccc(OC(F)(F)F)cc1)c1ccnn1C. The summed E-state index contributed by atoms with van der Waals surface area (Å²) in [5.41, 5.74) is 1.45. The van der Waals surface area contributed by atoms with E-state index < -0.39 is 6.36 Å². The van der Waals surface area contributed by atoms with Crippen molar-refractivity contribution in [2.45, 2.75) is 25.7 Å². The van der Waals surface area contributed by atoms with Gasteiger partial charge >= 0.3 is 6.36 Å². The first-order chi connectivity index (χ1) is 10.8. The molecule has 1 unspecified atom stereocenters. The van der Waals surface area contributed by atoms with Crippen molar-refractivity contribution in [3.8, 4) is 5.75 Å². The van der Waals surface area contributed by atoms with E-state index >= 15 is 0 Å². The third-order valence-electron chi connectivity index (χ3n) is 3.32. The molecule has 0 aliphatic carbocycles. The van der Waals surface area contributed by atoms with Crippen molar-refractivity contribution in [2.75, 3.05) is 0 Å². The van der Waals surface area contributed by atoms with Gasteiger partial charge in [-0.15, -0.1) is 13.2 Å². The molecule has 0 saturated heterocycles. The number of benzene rings is 1. The maximum absolute atomic E-state index is 12.1. The van der Waals surface area contributed by atoms with E-state index in [0.29, 0.717) is 5.56 Å². The number of hydrogen-bond acceptors (Lipinski definition) is 3. The van der Waals surface area contributed by atoms with Gasteiger partial charge in [0, 0.05) is 19.8 Å². The van der Waals surface area contributed by atoms with Crippen molar-refractivity contribution >= 4 is 5.91 Å². The minimum absolute atomic E-state index is 0.191. The van der Waals surface area contributed by atoms with Crippen LogP contribution in [0.2, 0.25) is 0 Å². The fourth-order valence-electron chi connectivity index (χ4n) is 2.09. The molecule has 0 aliphatic heterocycles. The Kier molecular flexibility index (Phi) is 4.92. The number of carbonyl (C=O) groups excluding carboxylic acids is 1. The molecule has 2 rings (SSSR count). The average Bonchev–Trinajstić information content (AvgIpc) is 2.90. The van der Waals surface area contributed by atoms with Crippen LogP contribution in [0, 0.1) is 0 Å². The molecule has 1 amide bonds. The Morgan fingerprint density at radius 1 is 1.30 bits per heavy atom. The first kappa shape index (κ1) is 16.9. The fourth-order valence-corrected chi connectivity index (χ4v) is 2.09. The van der Waals surface area contributed by atoms with E-state index in [1.54, 1.807) is 30.9 Å². The molecule has 1 atom stereocenters. The summed E-state index contributed by atoms with van der Waals surface area (Å²) < 4.78 is 41.6. The fraction of sp³-hybridized carbons (Fsp3) is 0.333. The molecule has 23 heavy (non-hydrogen) atoms. The lowest BCUT2D eigenvalue weighted by atomic mass is 10.1. The van der Waals surface area contributed by atoms with E-state index in [-0.39, 0.29) is 24.1 Å². The largest absolute Gasteiger partial charge is 0.573 e. The molecule has 1 heterocycles. The van der Waals surface area contributed by atoms with E-state index in [0.717, 1.165) is 5.69 Å². The molecule has 0 aliphatic rings. The number of alkyl halides is 3. The minimum atomic E-state index is -4.71. The highest BCUT2D eigenvalue weighted by atomic mass is 19.4. The van der Waals surface area contributed by atoms with Gasteiger partial charge in [-0.1, -0.05) is 12.1 Å². The van der Waals surface area contributed by atoms with Gasteiger partial charge in [0.15, 0.2) is 0 Å². The van der Waals surface area contributed by atoms with Gasteiger partial charge in [-0.25, -0.2) is 0 Å². The van der Waals surface area contributed by atoms with Crippen molar-refractivity contribution < 1.29 is 22.7 Å². The maximum atomic E-state index is 12.1. The van der Waals surface area contributed by atoms with Crippen molar-refractivity contribution in [3.05, 3.63) is 47.8 Å².